The predicted molar refractivity (Wildman–Crippen MR) is 124 cm³/mol. The number of aromatic hydroxyl groups is 1. The van der Waals surface area contributed by atoms with Crippen molar-refractivity contribution in [2.75, 3.05) is 11.9 Å². The number of anilines is 1. The highest BCUT2D eigenvalue weighted by Crippen LogP contribution is 2.22. The van der Waals surface area contributed by atoms with E-state index in [9.17, 15) is 5.11 Å². The van der Waals surface area contributed by atoms with Crippen LogP contribution in [0.1, 0.15) is 44.0 Å². The van der Waals surface area contributed by atoms with Crippen LogP contribution >= 0.6 is 0 Å². The molecule has 5 heteroatoms. The number of phenols is 1. The molecule has 0 aliphatic heterocycles. The maximum Gasteiger partial charge on any atom is 0.128 e. The summed E-state index contributed by atoms with van der Waals surface area (Å²) >= 11 is 0. The van der Waals surface area contributed by atoms with Crippen molar-refractivity contribution in [1.82, 2.24) is 9.97 Å². The third kappa shape index (κ3) is 6.56. The topological polar surface area (TPSA) is 84.1 Å². The number of hydrogen-bond acceptors (Lipinski definition) is 5. The fourth-order valence-corrected chi connectivity index (χ4v) is 3.54. The summed E-state index contributed by atoms with van der Waals surface area (Å²) in [4.78, 5) is 9.23. The molecule has 1 unspecified atom stereocenters. The Morgan fingerprint density at radius 3 is 2.63 bits per heavy atom. The molecule has 0 radical (unpaired) electrons. The van der Waals surface area contributed by atoms with Gasteiger partial charge in [0.2, 0.25) is 0 Å². The van der Waals surface area contributed by atoms with Crippen LogP contribution in [-0.4, -0.2) is 27.7 Å². The number of benzene rings is 2. The van der Waals surface area contributed by atoms with Crippen molar-refractivity contribution in [2.24, 2.45) is 5.73 Å². The molecule has 0 spiro atoms. The number of phenolic OH excluding ortho intramolecular Hbond substituents is 1. The highest BCUT2D eigenvalue weighted by atomic mass is 16.3. The van der Waals surface area contributed by atoms with Gasteiger partial charge in [0.05, 0.1) is 5.69 Å². The van der Waals surface area contributed by atoms with Gasteiger partial charge < -0.3 is 16.2 Å². The van der Waals surface area contributed by atoms with E-state index in [1.165, 1.54) is 5.56 Å². The van der Waals surface area contributed by atoms with Crippen LogP contribution in [0.4, 0.5) is 5.69 Å². The molecule has 3 rings (SSSR count). The lowest BCUT2D eigenvalue weighted by atomic mass is 10.1. The lowest BCUT2D eigenvalue weighted by Gasteiger charge is -2.18. The van der Waals surface area contributed by atoms with Crippen LogP contribution in [0.15, 0.2) is 60.8 Å². The maximum atomic E-state index is 9.39. The molecule has 158 valence electrons. The van der Waals surface area contributed by atoms with Crippen LogP contribution in [0.5, 0.6) is 5.75 Å². The van der Waals surface area contributed by atoms with Gasteiger partial charge >= 0.3 is 0 Å². The second-order valence-electron chi connectivity index (χ2n) is 7.64. The molecule has 0 saturated carbocycles. The Morgan fingerprint density at radius 2 is 1.87 bits per heavy atom. The van der Waals surface area contributed by atoms with Gasteiger partial charge in [0.25, 0.3) is 0 Å². The van der Waals surface area contributed by atoms with Gasteiger partial charge in [-0.05, 0) is 74.5 Å². The van der Waals surface area contributed by atoms with Crippen LogP contribution in [0.25, 0.3) is 11.3 Å². The number of nitrogens with two attached hydrogens (primary N) is 1. The van der Waals surface area contributed by atoms with Gasteiger partial charge in [-0.1, -0.05) is 31.2 Å². The van der Waals surface area contributed by atoms with Crippen molar-refractivity contribution in [3.05, 3.63) is 72.2 Å². The van der Waals surface area contributed by atoms with Crippen molar-refractivity contribution in [2.45, 2.75) is 51.5 Å². The second kappa shape index (κ2) is 11.3. The van der Waals surface area contributed by atoms with E-state index in [1.807, 2.05) is 24.4 Å². The van der Waals surface area contributed by atoms with Gasteiger partial charge in [0.1, 0.15) is 11.6 Å². The largest absolute Gasteiger partial charge is 0.508 e. The first kappa shape index (κ1) is 21.8. The molecule has 0 aliphatic rings. The molecule has 0 fully saturated rings. The van der Waals surface area contributed by atoms with E-state index >= 15 is 0 Å². The summed E-state index contributed by atoms with van der Waals surface area (Å²) in [6.45, 7) is 2.93. The van der Waals surface area contributed by atoms with Crippen LogP contribution in [0.2, 0.25) is 0 Å². The third-order valence-corrected chi connectivity index (χ3v) is 5.29. The van der Waals surface area contributed by atoms with Crippen LogP contribution in [0.3, 0.4) is 0 Å². The summed E-state index contributed by atoms with van der Waals surface area (Å²) in [7, 11) is 0. The second-order valence-corrected chi connectivity index (χ2v) is 7.64. The van der Waals surface area contributed by atoms with Crippen molar-refractivity contribution >= 4 is 5.69 Å². The van der Waals surface area contributed by atoms with E-state index in [1.54, 1.807) is 12.1 Å². The molecule has 0 amide bonds. The molecule has 30 heavy (non-hydrogen) atoms. The Kier molecular flexibility index (Phi) is 8.21. The zero-order chi connectivity index (χ0) is 21.2. The fourth-order valence-electron chi connectivity index (χ4n) is 3.54. The predicted octanol–water partition coefficient (Wildman–Crippen LogP) is 4.95. The zero-order valence-electron chi connectivity index (χ0n) is 17.7. The highest BCUT2D eigenvalue weighted by molar-refractivity contribution is 5.65. The number of aryl methyl sites for hydroxylation is 2. The number of rotatable bonds is 11. The van der Waals surface area contributed by atoms with Gasteiger partial charge in [-0.2, -0.15) is 0 Å². The first-order valence-electron chi connectivity index (χ1n) is 10.8. The summed E-state index contributed by atoms with van der Waals surface area (Å²) in [6, 6.07) is 18.2. The van der Waals surface area contributed by atoms with Gasteiger partial charge in [0, 0.05) is 29.9 Å². The van der Waals surface area contributed by atoms with E-state index in [0.29, 0.717) is 11.8 Å². The number of nitrogens with zero attached hydrogens (tertiary/aromatic N) is 2. The van der Waals surface area contributed by atoms with Gasteiger partial charge in [0.15, 0.2) is 0 Å². The Labute approximate surface area is 179 Å². The normalized spacial score (nSPS) is 11.9. The quantitative estimate of drug-likeness (QED) is 0.421. The average Bonchev–Trinajstić information content (AvgIpc) is 2.78. The Morgan fingerprint density at radius 1 is 1.03 bits per heavy atom. The molecule has 4 N–H and O–H groups in total. The summed E-state index contributed by atoms with van der Waals surface area (Å²) in [5, 5.41) is 13.0. The maximum absolute atomic E-state index is 9.39. The van der Waals surface area contributed by atoms with Crippen LogP contribution in [-0.2, 0) is 12.8 Å². The average molecular weight is 405 g/mol. The van der Waals surface area contributed by atoms with E-state index in [4.69, 9.17) is 10.7 Å². The third-order valence-electron chi connectivity index (χ3n) is 5.29. The van der Waals surface area contributed by atoms with E-state index < -0.39 is 0 Å². The first-order valence-corrected chi connectivity index (χ1v) is 10.8. The zero-order valence-corrected chi connectivity index (χ0v) is 17.7. The summed E-state index contributed by atoms with van der Waals surface area (Å²) in [5.74, 6) is 1.16. The Balaban J connectivity index is 1.62. The monoisotopic (exact) mass is 404 g/mol. The Hall–Kier alpha value is -2.92. The molecule has 2 aromatic carbocycles. The number of nitrogens with one attached hydrogen (secondary N) is 1. The van der Waals surface area contributed by atoms with Crippen LogP contribution < -0.4 is 11.1 Å². The summed E-state index contributed by atoms with van der Waals surface area (Å²) in [5.41, 5.74) is 10.0. The van der Waals surface area contributed by atoms with Gasteiger partial charge in [-0.25, -0.2) is 9.97 Å². The SMILES string of the molecule is CCC(CCCN)Nc1cccc(-c2ccnc(CCCc3ccc(O)cc3)n2)c1. The van der Waals surface area contributed by atoms with Crippen molar-refractivity contribution in [1.29, 1.82) is 0 Å². The smallest absolute Gasteiger partial charge is 0.128 e. The molecule has 1 heterocycles. The fraction of sp³-hybridized carbons (Fsp3) is 0.360. The van der Waals surface area contributed by atoms with Gasteiger partial charge in [-0.3, -0.25) is 0 Å². The molecule has 0 aliphatic carbocycles. The molecule has 0 saturated heterocycles. The van der Waals surface area contributed by atoms with E-state index in [-0.39, 0.29) is 0 Å². The molecule has 1 aromatic heterocycles. The minimum absolute atomic E-state index is 0.302. The summed E-state index contributed by atoms with van der Waals surface area (Å²) in [6.07, 6.45) is 7.76. The molecule has 3 aromatic rings. The molecule has 0 bridgehead atoms. The standard InChI is InChI=1S/C25H32N4O/c1-2-21(9-5-16-26)28-22-8-4-7-20(18-22)24-15-17-27-25(29-24)10-3-6-19-11-13-23(30)14-12-19/h4,7-8,11-15,17-18,21,28,30H,2-3,5-6,9-10,16,26H2,1H3. The van der Waals surface area contributed by atoms with E-state index in [2.05, 4.69) is 41.5 Å². The van der Waals surface area contributed by atoms with Crippen molar-refractivity contribution in [3.8, 4) is 17.0 Å². The summed E-state index contributed by atoms with van der Waals surface area (Å²) < 4.78 is 0. The van der Waals surface area contributed by atoms with E-state index in [0.717, 1.165) is 67.8 Å². The highest BCUT2D eigenvalue weighted by Gasteiger charge is 2.08. The number of hydrogen-bond donors (Lipinski definition) is 3. The lowest BCUT2D eigenvalue weighted by molar-refractivity contribution is 0.475. The van der Waals surface area contributed by atoms with Gasteiger partial charge in [-0.15, -0.1) is 0 Å². The first-order chi connectivity index (χ1) is 14.7. The Bertz CT molecular complexity index is 911. The molecular formula is C25H32N4O. The van der Waals surface area contributed by atoms with Crippen molar-refractivity contribution in [3.63, 3.8) is 0 Å². The molecular weight excluding hydrogens is 372 g/mol. The van der Waals surface area contributed by atoms with Crippen LogP contribution in [0, 0.1) is 0 Å². The lowest BCUT2D eigenvalue weighted by Crippen LogP contribution is -2.19. The molecule has 1 atom stereocenters. The van der Waals surface area contributed by atoms with Crippen molar-refractivity contribution < 1.29 is 5.11 Å². The minimum Gasteiger partial charge on any atom is -0.508 e. The molecule has 5 nitrogen and oxygen atoms in total. The number of aromatic nitrogens is 2. The minimum atomic E-state index is 0.302.